The van der Waals surface area contributed by atoms with Crippen LogP contribution in [0.15, 0.2) is 21.7 Å². The molecule has 1 N–H and O–H groups in total. The molecule has 0 aliphatic carbocycles. The maximum Gasteiger partial charge on any atom is 0.337 e. The van der Waals surface area contributed by atoms with Crippen LogP contribution in [0.2, 0.25) is 5.02 Å². The standard InChI is InChI=1S/C13H9ClFIN2O4/c1-5-10(16)11(19)18(13(22)17(5)2)9-3-6(12(20)21)7(14)4-8(9)15/h3-4H,1-2H3,(H,20,21). The van der Waals surface area contributed by atoms with E-state index in [-0.39, 0.29) is 8.59 Å². The summed E-state index contributed by atoms with van der Waals surface area (Å²) in [4.78, 5) is 35.6. The molecule has 1 aromatic carbocycles. The molecule has 0 fully saturated rings. The van der Waals surface area contributed by atoms with Gasteiger partial charge in [0.1, 0.15) is 5.82 Å². The van der Waals surface area contributed by atoms with Crippen LogP contribution in [0, 0.1) is 16.3 Å². The summed E-state index contributed by atoms with van der Waals surface area (Å²) in [7, 11) is 1.43. The molecule has 0 saturated heterocycles. The molecule has 9 heteroatoms. The number of carbonyl (C=O) groups is 1. The number of hydrogen-bond acceptors (Lipinski definition) is 3. The van der Waals surface area contributed by atoms with E-state index in [0.29, 0.717) is 10.3 Å². The smallest absolute Gasteiger partial charge is 0.337 e. The van der Waals surface area contributed by atoms with Gasteiger partial charge in [0.15, 0.2) is 0 Å². The molecule has 1 heterocycles. The first-order chi connectivity index (χ1) is 10.2. The molecule has 0 saturated carbocycles. The van der Waals surface area contributed by atoms with Crippen LogP contribution in [0.1, 0.15) is 16.1 Å². The van der Waals surface area contributed by atoms with E-state index in [1.54, 1.807) is 29.5 Å². The molecule has 0 amide bonds. The summed E-state index contributed by atoms with van der Waals surface area (Å²) in [5.74, 6) is -2.35. The molecule has 6 nitrogen and oxygen atoms in total. The van der Waals surface area contributed by atoms with Gasteiger partial charge in [-0.15, -0.1) is 0 Å². The SMILES string of the molecule is Cc1c(I)c(=O)n(-c2cc(C(=O)O)c(Cl)cc2F)c(=O)n1C. The highest BCUT2D eigenvalue weighted by Crippen LogP contribution is 2.22. The number of halogens is 3. The van der Waals surface area contributed by atoms with Gasteiger partial charge in [-0.1, -0.05) is 11.6 Å². The van der Waals surface area contributed by atoms with Gasteiger partial charge in [0, 0.05) is 12.7 Å². The minimum Gasteiger partial charge on any atom is -0.478 e. The molecule has 0 atom stereocenters. The first-order valence-corrected chi connectivity index (χ1v) is 7.33. The van der Waals surface area contributed by atoms with E-state index < -0.39 is 34.3 Å². The summed E-state index contributed by atoms with van der Waals surface area (Å²) in [5.41, 5.74) is -1.92. The predicted molar refractivity (Wildman–Crippen MR) is 86.7 cm³/mol. The third-order valence-electron chi connectivity index (χ3n) is 3.20. The van der Waals surface area contributed by atoms with Gasteiger partial charge >= 0.3 is 11.7 Å². The monoisotopic (exact) mass is 438 g/mol. The Morgan fingerprint density at radius 2 is 1.95 bits per heavy atom. The molecule has 22 heavy (non-hydrogen) atoms. The fourth-order valence-electron chi connectivity index (χ4n) is 1.87. The highest BCUT2D eigenvalue weighted by atomic mass is 127. The van der Waals surface area contributed by atoms with Gasteiger partial charge in [-0.05, 0) is 41.6 Å². The molecular formula is C13H9ClFIN2O4. The maximum absolute atomic E-state index is 14.1. The molecule has 0 bridgehead atoms. The zero-order valence-electron chi connectivity index (χ0n) is 11.4. The number of hydrogen-bond donors (Lipinski definition) is 1. The molecule has 0 radical (unpaired) electrons. The van der Waals surface area contributed by atoms with Crippen LogP contribution in [0.4, 0.5) is 4.39 Å². The van der Waals surface area contributed by atoms with Crippen LogP contribution in [0.3, 0.4) is 0 Å². The quantitative estimate of drug-likeness (QED) is 0.727. The fraction of sp³-hybridized carbons (Fsp3) is 0.154. The summed E-state index contributed by atoms with van der Waals surface area (Å²) in [6, 6.07) is 1.63. The highest BCUT2D eigenvalue weighted by molar-refractivity contribution is 14.1. The molecule has 2 rings (SSSR count). The lowest BCUT2D eigenvalue weighted by molar-refractivity contribution is 0.0697. The van der Waals surface area contributed by atoms with Gasteiger partial charge in [-0.25, -0.2) is 18.5 Å². The summed E-state index contributed by atoms with van der Waals surface area (Å²) >= 11 is 7.40. The van der Waals surface area contributed by atoms with E-state index in [1.165, 1.54) is 11.6 Å². The lowest BCUT2D eigenvalue weighted by atomic mass is 10.2. The number of carboxylic acids is 1. The van der Waals surface area contributed by atoms with Crippen LogP contribution in [0.25, 0.3) is 5.69 Å². The van der Waals surface area contributed by atoms with Crippen molar-refractivity contribution < 1.29 is 14.3 Å². The van der Waals surface area contributed by atoms with Crippen LogP contribution in [-0.2, 0) is 7.05 Å². The Balaban J connectivity index is 2.96. The van der Waals surface area contributed by atoms with Crippen molar-refractivity contribution in [1.29, 1.82) is 0 Å². The van der Waals surface area contributed by atoms with Crippen molar-refractivity contribution >= 4 is 40.2 Å². The predicted octanol–water partition coefficient (Wildman–Crippen LogP) is 1.94. The normalized spacial score (nSPS) is 10.8. The number of benzene rings is 1. The number of rotatable bonds is 2. The third-order valence-corrected chi connectivity index (χ3v) is 4.75. The molecular weight excluding hydrogens is 430 g/mol. The van der Waals surface area contributed by atoms with Crippen molar-refractivity contribution in [2.45, 2.75) is 6.92 Å². The molecule has 0 aliphatic heterocycles. The Bertz CT molecular complexity index is 882. The zero-order chi connectivity index (χ0) is 16.8. The third kappa shape index (κ3) is 2.56. The lowest BCUT2D eigenvalue weighted by Crippen LogP contribution is -2.41. The second-order valence-corrected chi connectivity index (χ2v) is 5.96. The first-order valence-electron chi connectivity index (χ1n) is 5.87. The van der Waals surface area contributed by atoms with Crippen LogP contribution < -0.4 is 11.2 Å². The highest BCUT2D eigenvalue weighted by Gasteiger charge is 2.20. The number of aromatic nitrogens is 2. The summed E-state index contributed by atoms with van der Waals surface area (Å²) in [6.07, 6.45) is 0. The van der Waals surface area contributed by atoms with Crippen molar-refractivity contribution in [3.8, 4) is 5.69 Å². The Kier molecular flexibility index (Phi) is 4.43. The van der Waals surface area contributed by atoms with Gasteiger partial charge in [0.2, 0.25) is 0 Å². The van der Waals surface area contributed by atoms with E-state index in [0.717, 1.165) is 12.1 Å². The van der Waals surface area contributed by atoms with Gasteiger partial charge in [-0.2, -0.15) is 0 Å². The second kappa shape index (κ2) is 5.84. The topological polar surface area (TPSA) is 81.3 Å². The Hall–Kier alpha value is -1.68. The van der Waals surface area contributed by atoms with E-state index in [2.05, 4.69) is 0 Å². The van der Waals surface area contributed by atoms with E-state index in [9.17, 15) is 18.8 Å². The molecule has 2 aromatic rings. The number of aromatic carboxylic acids is 1. The Morgan fingerprint density at radius 3 is 2.50 bits per heavy atom. The zero-order valence-corrected chi connectivity index (χ0v) is 14.3. The van der Waals surface area contributed by atoms with Crippen LogP contribution in [0.5, 0.6) is 0 Å². The maximum atomic E-state index is 14.1. The second-order valence-electron chi connectivity index (χ2n) is 4.47. The fourth-order valence-corrected chi connectivity index (χ4v) is 2.70. The largest absolute Gasteiger partial charge is 0.478 e. The van der Waals surface area contributed by atoms with Crippen molar-refractivity contribution in [3.05, 3.63) is 58.6 Å². The van der Waals surface area contributed by atoms with Crippen LogP contribution in [-0.4, -0.2) is 20.2 Å². The van der Waals surface area contributed by atoms with Crippen molar-refractivity contribution in [1.82, 2.24) is 9.13 Å². The van der Waals surface area contributed by atoms with Gasteiger partial charge < -0.3 is 5.11 Å². The van der Waals surface area contributed by atoms with Crippen LogP contribution >= 0.6 is 34.2 Å². The molecule has 0 spiro atoms. The lowest BCUT2D eigenvalue weighted by Gasteiger charge is -2.13. The van der Waals surface area contributed by atoms with E-state index >= 15 is 0 Å². The minimum atomic E-state index is -1.39. The average molecular weight is 439 g/mol. The van der Waals surface area contributed by atoms with Gasteiger partial charge in [0.25, 0.3) is 5.56 Å². The van der Waals surface area contributed by atoms with E-state index in [4.69, 9.17) is 16.7 Å². The summed E-state index contributed by atoms with van der Waals surface area (Å²) < 4.78 is 16.1. The van der Waals surface area contributed by atoms with Crippen molar-refractivity contribution in [2.75, 3.05) is 0 Å². The van der Waals surface area contributed by atoms with E-state index in [1.807, 2.05) is 0 Å². The molecule has 1 aromatic heterocycles. The first kappa shape index (κ1) is 16.7. The molecule has 116 valence electrons. The minimum absolute atomic E-state index is 0.228. The number of nitrogens with zero attached hydrogens (tertiary/aromatic N) is 2. The summed E-state index contributed by atoms with van der Waals surface area (Å²) in [5, 5.41) is 8.72. The van der Waals surface area contributed by atoms with Gasteiger partial charge in [-0.3, -0.25) is 9.36 Å². The Morgan fingerprint density at radius 1 is 1.36 bits per heavy atom. The Labute approximate surface area is 141 Å². The van der Waals surface area contributed by atoms with Crippen molar-refractivity contribution in [2.24, 2.45) is 7.05 Å². The van der Waals surface area contributed by atoms with Gasteiger partial charge in [0.05, 0.1) is 19.8 Å². The number of carboxylic acid groups (broad SMARTS) is 1. The molecule has 0 unspecified atom stereocenters. The molecule has 0 aliphatic rings. The average Bonchev–Trinajstić information content (AvgIpc) is 2.45. The summed E-state index contributed by atoms with van der Waals surface area (Å²) in [6.45, 7) is 1.58. The van der Waals surface area contributed by atoms with Crippen molar-refractivity contribution in [3.63, 3.8) is 0 Å².